The fourth-order valence-corrected chi connectivity index (χ4v) is 3.71. The lowest BCUT2D eigenvalue weighted by Crippen LogP contribution is -2.32. The molecule has 0 heterocycles. The van der Waals surface area contributed by atoms with Crippen LogP contribution >= 0.6 is 0 Å². The van der Waals surface area contributed by atoms with Gasteiger partial charge >= 0.3 is 0 Å². The Kier molecular flexibility index (Phi) is 4.07. The zero-order chi connectivity index (χ0) is 10.7. The van der Waals surface area contributed by atoms with Gasteiger partial charge in [-0.1, -0.05) is 46.0 Å². The SMILES string of the molecule is CC(C)NCC1CCCC1C1CCCC1. The first-order valence-electron chi connectivity index (χ1n) is 7.00. The molecule has 0 aromatic carbocycles. The Bertz CT molecular complexity index is 182. The molecule has 15 heavy (non-hydrogen) atoms. The highest BCUT2D eigenvalue weighted by molar-refractivity contribution is 4.86. The van der Waals surface area contributed by atoms with Crippen LogP contribution < -0.4 is 5.32 Å². The highest BCUT2D eigenvalue weighted by Gasteiger charge is 2.34. The first kappa shape index (κ1) is 11.4. The smallest absolute Gasteiger partial charge is 0.00104 e. The fourth-order valence-electron chi connectivity index (χ4n) is 3.71. The molecule has 0 saturated heterocycles. The lowest BCUT2D eigenvalue weighted by atomic mass is 9.82. The molecule has 0 bridgehead atoms. The van der Waals surface area contributed by atoms with Gasteiger partial charge < -0.3 is 5.32 Å². The third kappa shape index (κ3) is 2.96. The molecule has 1 nitrogen and oxygen atoms in total. The Morgan fingerprint density at radius 3 is 2.40 bits per heavy atom. The van der Waals surface area contributed by atoms with Gasteiger partial charge in [-0.25, -0.2) is 0 Å². The normalized spacial score (nSPS) is 33.0. The Morgan fingerprint density at radius 2 is 1.73 bits per heavy atom. The molecule has 0 aliphatic heterocycles. The molecule has 2 aliphatic rings. The Balaban J connectivity index is 1.81. The van der Waals surface area contributed by atoms with E-state index in [1.165, 1.54) is 51.5 Å². The van der Waals surface area contributed by atoms with Crippen molar-refractivity contribution in [1.82, 2.24) is 5.32 Å². The molecule has 2 rings (SSSR count). The second-order valence-corrected chi connectivity index (χ2v) is 5.96. The molecule has 0 radical (unpaired) electrons. The van der Waals surface area contributed by atoms with Crippen LogP contribution in [0.2, 0.25) is 0 Å². The van der Waals surface area contributed by atoms with Gasteiger partial charge in [0.05, 0.1) is 0 Å². The van der Waals surface area contributed by atoms with Gasteiger partial charge in [-0.3, -0.25) is 0 Å². The number of nitrogens with one attached hydrogen (secondary N) is 1. The molecule has 2 unspecified atom stereocenters. The minimum Gasteiger partial charge on any atom is -0.314 e. The summed E-state index contributed by atoms with van der Waals surface area (Å²) in [6, 6.07) is 0.662. The minimum absolute atomic E-state index is 0.662. The van der Waals surface area contributed by atoms with Gasteiger partial charge in [0.1, 0.15) is 0 Å². The average molecular weight is 209 g/mol. The van der Waals surface area contributed by atoms with Gasteiger partial charge in [-0.05, 0) is 37.1 Å². The lowest BCUT2D eigenvalue weighted by Gasteiger charge is -2.26. The van der Waals surface area contributed by atoms with E-state index in [9.17, 15) is 0 Å². The molecule has 0 aromatic rings. The monoisotopic (exact) mass is 209 g/mol. The van der Waals surface area contributed by atoms with E-state index in [1.54, 1.807) is 0 Å². The van der Waals surface area contributed by atoms with E-state index in [1.807, 2.05) is 0 Å². The summed E-state index contributed by atoms with van der Waals surface area (Å²) in [5.74, 6) is 3.15. The summed E-state index contributed by atoms with van der Waals surface area (Å²) in [6.07, 6.45) is 10.6. The van der Waals surface area contributed by atoms with E-state index in [-0.39, 0.29) is 0 Å². The van der Waals surface area contributed by atoms with Crippen molar-refractivity contribution in [3.63, 3.8) is 0 Å². The number of rotatable bonds is 4. The van der Waals surface area contributed by atoms with Crippen molar-refractivity contribution < 1.29 is 0 Å². The Morgan fingerprint density at radius 1 is 1.00 bits per heavy atom. The largest absolute Gasteiger partial charge is 0.314 e. The van der Waals surface area contributed by atoms with Crippen molar-refractivity contribution in [2.24, 2.45) is 17.8 Å². The molecule has 2 saturated carbocycles. The molecule has 0 spiro atoms. The number of hydrogen-bond donors (Lipinski definition) is 1. The third-order valence-electron chi connectivity index (χ3n) is 4.51. The van der Waals surface area contributed by atoms with Gasteiger partial charge in [0.25, 0.3) is 0 Å². The van der Waals surface area contributed by atoms with Crippen LogP contribution in [-0.2, 0) is 0 Å². The maximum atomic E-state index is 3.64. The van der Waals surface area contributed by atoms with Crippen LogP contribution in [0.4, 0.5) is 0 Å². The topological polar surface area (TPSA) is 12.0 Å². The summed E-state index contributed by atoms with van der Waals surface area (Å²) < 4.78 is 0. The zero-order valence-electron chi connectivity index (χ0n) is 10.5. The summed E-state index contributed by atoms with van der Waals surface area (Å²) in [7, 11) is 0. The van der Waals surface area contributed by atoms with Crippen LogP contribution in [-0.4, -0.2) is 12.6 Å². The van der Waals surface area contributed by atoms with E-state index in [4.69, 9.17) is 0 Å². The standard InChI is InChI=1S/C14H27N/c1-11(2)15-10-13-8-5-9-14(13)12-6-3-4-7-12/h11-15H,3-10H2,1-2H3. The second kappa shape index (κ2) is 5.34. The van der Waals surface area contributed by atoms with Gasteiger partial charge in [0.15, 0.2) is 0 Å². The molecule has 88 valence electrons. The minimum atomic E-state index is 0.662. The van der Waals surface area contributed by atoms with Crippen molar-refractivity contribution >= 4 is 0 Å². The Hall–Kier alpha value is -0.0400. The van der Waals surface area contributed by atoms with Gasteiger partial charge in [-0.2, -0.15) is 0 Å². The van der Waals surface area contributed by atoms with E-state index < -0.39 is 0 Å². The predicted molar refractivity (Wildman–Crippen MR) is 65.9 cm³/mol. The number of hydrogen-bond acceptors (Lipinski definition) is 1. The molecule has 0 amide bonds. The summed E-state index contributed by atoms with van der Waals surface area (Å²) in [4.78, 5) is 0. The molecule has 2 fully saturated rings. The first-order valence-corrected chi connectivity index (χ1v) is 7.00. The van der Waals surface area contributed by atoms with Gasteiger partial charge in [-0.15, -0.1) is 0 Å². The van der Waals surface area contributed by atoms with E-state index >= 15 is 0 Å². The third-order valence-corrected chi connectivity index (χ3v) is 4.51. The molecular formula is C14H27N. The van der Waals surface area contributed by atoms with E-state index in [0.717, 1.165) is 17.8 Å². The molecule has 1 heteroatoms. The molecule has 1 N–H and O–H groups in total. The highest BCUT2D eigenvalue weighted by Crippen LogP contribution is 2.43. The lowest BCUT2D eigenvalue weighted by molar-refractivity contribution is 0.254. The van der Waals surface area contributed by atoms with Gasteiger partial charge in [0.2, 0.25) is 0 Å². The van der Waals surface area contributed by atoms with Crippen LogP contribution in [0.25, 0.3) is 0 Å². The van der Waals surface area contributed by atoms with Crippen molar-refractivity contribution in [3.8, 4) is 0 Å². The van der Waals surface area contributed by atoms with Crippen LogP contribution in [0.5, 0.6) is 0 Å². The van der Waals surface area contributed by atoms with E-state index in [0.29, 0.717) is 6.04 Å². The molecule has 0 aromatic heterocycles. The summed E-state index contributed by atoms with van der Waals surface area (Å²) in [5.41, 5.74) is 0. The van der Waals surface area contributed by atoms with Crippen molar-refractivity contribution in [3.05, 3.63) is 0 Å². The van der Waals surface area contributed by atoms with Crippen molar-refractivity contribution in [2.45, 2.75) is 64.8 Å². The van der Waals surface area contributed by atoms with E-state index in [2.05, 4.69) is 19.2 Å². The predicted octanol–water partition coefficient (Wildman–Crippen LogP) is 3.59. The summed E-state index contributed by atoms with van der Waals surface area (Å²) >= 11 is 0. The average Bonchev–Trinajstić information content (AvgIpc) is 2.85. The first-order chi connectivity index (χ1) is 7.27. The second-order valence-electron chi connectivity index (χ2n) is 5.96. The molecular weight excluding hydrogens is 182 g/mol. The maximum Gasteiger partial charge on any atom is 0.00104 e. The molecule has 2 atom stereocenters. The fraction of sp³-hybridized carbons (Fsp3) is 1.00. The van der Waals surface area contributed by atoms with Crippen LogP contribution in [0.3, 0.4) is 0 Å². The highest BCUT2D eigenvalue weighted by atomic mass is 14.9. The van der Waals surface area contributed by atoms with Crippen LogP contribution in [0.15, 0.2) is 0 Å². The van der Waals surface area contributed by atoms with Crippen molar-refractivity contribution in [1.29, 1.82) is 0 Å². The van der Waals surface area contributed by atoms with Crippen LogP contribution in [0, 0.1) is 17.8 Å². The zero-order valence-corrected chi connectivity index (χ0v) is 10.5. The van der Waals surface area contributed by atoms with Crippen molar-refractivity contribution in [2.75, 3.05) is 6.54 Å². The summed E-state index contributed by atoms with van der Waals surface area (Å²) in [6.45, 7) is 5.80. The quantitative estimate of drug-likeness (QED) is 0.746. The Labute approximate surface area is 95.0 Å². The maximum absolute atomic E-state index is 3.64. The molecule has 2 aliphatic carbocycles. The van der Waals surface area contributed by atoms with Gasteiger partial charge in [0, 0.05) is 6.04 Å². The summed E-state index contributed by atoms with van der Waals surface area (Å²) in [5, 5.41) is 3.64. The van der Waals surface area contributed by atoms with Crippen LogP contribution in [0.1, 0.15) is 58.8 Å².